The normalized spacial score (nSPS) is 10.1. The Hall–Kier alpha value is -2.89. The van der Waals surface area contributed by atoms with Crippen molar-refractivity contribution in [2.24, 2.45) is 0 Å². The number of anilines is 1. The number of esters is 1. The number of carbonyl (C=O) groups excluding carboxylic acids is 2. The first-order valence-electron chi connectivity index (χ1n) is 7.46. The lowest BCUT2D eigenvalue weighted by Gasteiger charge is -2.11. The van der Waals surface area contributed by atoms with Crippen LogP contribution in [0, 0.1) is 12.7 Å². The predicted octanol–water partition coefficient (Wildman–Crippen LogP) is 3.33. The van der Waals surface area contributed by atoms with Gasteiger partial charge in [-0.3, -0.25) is 4.79 Å². The van der Waals surface area contributed by atoms with Crippen molar-refractivity contribution in [1.82, 2.24) is 0 Å². The maximum Gasteiger partial charge on any atom is 0.339 e. The Morgan fingerprint density at radius 2 is 1.92 bits per heavy atom. The molecule has 2 rings (SSSR count). The molecule has 0 unspecified atom stereocenters. The zero-order chi connectivity index (χ0) is 17.5. The number of hydrogen-bond acceptors (Lipinski definition) is 4. The number of rotatable bonds is 6. The molecule has 0 fully saturated rings. The number of ether oxygens (including phenoxy) is 2. The molecule has 0 aliphatic rings. The molecule has 0 saturated heterocycles. The van der Waals surface area contributed by atoms with Crippen molar-refractivity contribution in [2.45, 2.75) is 13.8 Å². The largest absolute Gasteiger partial charge is 0.492 e. The van der Waals surface area contributed by atoms with Gasteiger partial charge in [-0.25, -0.2) is 9.18 Å². The molecular weight excluding hydrogens is 313 g/mol. The number of nitrogens with one attached hydrogen (secondary N) is 1. The Bertz CT molecular complexity index is 746. The smallest absolute Gasteiger partial charge is 0.339 e. The molecule has 2 aromatic carbocycles. The molecule has 0 aromatic heterocycles. The van der Waals surface area contributed by atoms with Crippen LogP contribution in [0.5, 0.6) is 5.75 Å². The fourth-order valence-electron chi connectivity index (χ4n) is 2.06. The Morgan fingerprint density at radius 1 is 1.17 bits per heavy atom. The number of hydrogen-bond donors (Lipinski definition) is 1. The van der Waals surface area contributed by atoms with Gasteiger partial charge in [0, 0.05) is 0 Å². The second-order valence-corrected chi connectivity index (χ2v) is 5.01. The zero-order valence-electron chi connectivity index (χ0n) is 13.5. The minimum atomic E-state index is -0.750. The van der Waals surface area contributed by atoms with Gasteiger partial charge in [-0.15, -0.1) is 0 Å². The van der Waals surface area contributed by atoms with Crippen LogP contribution in [0.2, 0.25) is 0 Å². The summed E-state index contributed by atoms with van der Waals surface area (Å²) in [6.07, 6.45) is 0. The molecule has 6 heteroatoms. The van der Waals surface area contributed by atoms with Gasteiger partial charge in [0.25, 0.3) is 5.91 Å². The maximum absolute atomic E-state index is 13.2. The van der Waals surface area contributed by atoms with E-state index in [9.17, 15) is 14.0 Å². The van der Waals surface area contributed by atoms with E-state index < -0.39 is 24.3 Å². The van der Waals surface area contributed by atoms with E-state index in [4.69, 9.17) is 9.47 Å². The van der Waals surface area contributed by atoms with E-state index in [2.05, 4.69) is 5.32 Å². The van der Waals surface area contributed by atoms with Crippen LogP contribution in [0.15, 0.2) is 42.5 Å². The van der Waals surface area contributed by atoms with Gasteiger partial charge in [0.15, 0.2) is 6.61 Å². The standard InChI is InChI=1S/C18H18FNO4/c1-3-23-16-7-5-4-6-15(16)20-17(21)11-24-18(22)14-10-13(19)9-8-12(14)2/h4-10H,3,11H2,1-2H3,(H,20,21). The van der Waals surface area contributed by atoms with Crippen LogP contribution in [0.3, 0.4) is 0 Å². The number of amides is 1. The Labute approximate surface area is 139 Å². The molecule has 0 aliphatic heterocycles. The molecule has 24 heavy (non-hydrogen) atoms. The Balaban J connectivity index is 1.96. The van der Waals surface area contributed by atoms with E-state index in [1.54, 1.807) is 31.2 Å². The first-order chi connectivity index (χ1) is 11.5. The molecular formula is C18H18FNO4. The summed E-state index contributed by atoms with van der Waals surface area (Å²) in [7, 11) is 0. The highest BCUT2D eigenvalue weighted by Gasteiger charge is 2.14. The van der Waals surface area contributed by atoms with Crippen molar-refractivity contribution in [3.8, 4) is 5.75 Å². The average molecular weight is 331 g/mol. The predicted molar refractivity (Wildman–Crippen MR) is 87.7 cm³/mol. The first-order valence-corrected chi connectivity index (χ1v) is 7.46. The van der Waals surface area contributed by atoms with E-state index >= 15 is 0 Å². The summed E-state index contributed by atoms with van der Waals surface area (Å²) in [5.41, 5.74) is 1.16. The van der Waals surface area contributed by atoms with Crippen LogP contribution >= 0.6 is 0 Å². The first kappa shape index (κ1) is 17.5. The quantitative estimate of drug-likeness (QED) is 0.825. The van der Waals surface area contributed by atoms with Crippen LogP contribution in [-0.2, 0) is 9.53 Å². The van der Waals surface area contributed by atoms with Crippen molar-refractivity contribution in [3.05, 3.63) is 59.4 Å². The highest BCUT2D eigenvalue weighted by Crippen LogP contribution is 2.23. The fraction of sp³-hybridized carbons (Fsp3) is 0.222. The van der Waals surface area contributed by atoms with Crippen LogP contribution < -0.4 is 10.1 Å². The molecule has 0 heterocycles. The van der Waals surface area contributed by atoms with Crippen LogP contribution in [0.4, 0.5) is 10.1 Å². The van der Waals surface area contributed by atoms with Gasteiger partial charge < -0.3 is 14.8 Å². The second kappa shape index (κ2) is 8.10. The zero-order valence-corrected chi connectivity index (χ0v) is 13.5. The van der Waals surface area contributed by atoms with E-state index in [1.165, 1.54) is 12.1 Å². The van der Waals surface area contributed by atoms with E-state index in [0.717, 1.165) is 6.07 Å². The van der Waals surface area contributed by atoms with Crippen molar-refractivity contribution < 1.29 is 23.5 Å². The minimum Gasteiger partial charge on any atom is -0.492 e. The van der Waals surface area contributed by atoms with Gasteiger partial charge in [-0.1, -0.05) is 18.2 Å². The summed E-state index contributed by atoms with van der Waals surface area (Å²) in [6, 6.07) is 10.8. The molecule has 0 bridgehead atoms. The van der Waals surface area contributed by atoms with Crippen LogP contribution in [0.1, 0.15) is 22.8 Å². The highest BCUT2D eigenvalue weighted by molar-refractivity contribution is 5.96. The molecule has 5 nitrogen and oxygen atoms in total. The van der Waals surface area contributed by atoms with Gasteiger partial charge in [0.05, 0.1) is 17.9 Å². The molecule has 0 saturated carbocycles. The highest BCUT2D eigenvalue weighted by atomic mass is 19.1. The Kier molecular flexibility index (Phi) is 5.89. The molecule has 0 radical (unpaired) electrons. The lowest BCUT2D eigenvalue weighted by atomic mass is 10.1. The molecule has 1 amide bonds. The van der Waals surface area contributed by atoms with Gasteiger partial charge in [0.1, 0.15) is 11.6 Å². The third kappa shape index (κ3) is 4.55. The topological polar surface area (TPSA) is 64.6 Å². The number of carbonyl (C=O) groups is 2. The molecule has 0 atom stereocenters. The van der Waals surface area contributed by atoms with Crippen LogP contribution in [0.25, 0.3) is 0 Å². The number of para-hydroxylation sites is 2. The van der Waals surface area contributed by atoms with Crippen molar-refractivity contribution in [3.63, 3.8) is 0 Å². The minimum absolute atomic E-state index is 0.0949. The molecule has 126 valence electrons. The monoisotopic (exact) mass is 331 g/mol. The lowest BCUT2D eigenvalue weighted by Crippen LogP contribution is -2.21. The van der Waals surface area contributed by atoms with Crippen molar-refractivity contribution in [1.29, 1.82) is 0 Å². The van der Waals surface area contributed by atoms with Crippen LogP contribution in [-0.4, -0.2) is 25.1 Å². The molecule has 0 aliphatic carbocycles. The summed E-state index contributed by atoms with van der Waals surface area (Å²) in [5, 5.41) is 2.61. The summed E-state index contributed by atoms with van der Waals surface area (Å²) in [6.45, 7) is 3.48. The summed E-state index contributed by atoms with van der Waals surface area (Å²) < 4.78 is 23.5. The van der Waals surface area contributed by atoms with Gasteiger partial charge in [-0.05, 0) is 43.7 Å². The number of aryl methyl sites for hydroxylation is 1. The maximum atomic E-state index is 13.2. The third-order valence-corrected chi connectivity index (χ3v) is 3.21. The summed E-state index contributed by atoms with van der Waals surface area (Å²) >= 11 is 0. The van der Waals surface area contributed by atoms with E-state index in [-0.39, 0.29) is 5.56 Å². The SMILES string of the molecule is CCOc1ccccc1NC(=O)COC(=O)c1cc(F)ccc1C. The Morgan fingerprint density at radius 3 is 2.67 bits per heavy atom. The van der Waals surface area contributed by atoms with Gasteiger partial charge in [0.2, 0.25) is 0 Å². The second-order valence-electron chi connectivity index (χ2n) is 5.01. The van der Waals surface area contributed by atoms with E-state index in [0.29, 0.717) is 23.6 Å². The molecule has 0 spiro atoms. The fourth-order valence-corrected chi connectivity index (χ4v) is 2.06. The van der Waals surface area contributed by atoms with Crippen molar-refractivity contribution >= 4 is 17.6 Å². The molecule has 2 aromatic rings. The number of benzene rings is 2. The van der Waals surface area contributed by atoms with Gasteiger partial charge >= 0.3 is 5.97 Å². The van der Waals surface area contributed by atoms with E-state index in [1.807, 2.05) is 6.92 Å². The average Bonchev–Trinajstić information content (AvgIpc) is 2.57. The summed E-state index contributed by atoms with van der Waals surface area (Å²) in [5.74, 6) is -1.27. The van der Waals surface area contributed by atoms with Gasteiger partial charge in [-0.2, -0.15) is 0 Å². The lowest BCUT2D eigenvalue weighted by molar-refractivity contribution is -0.119. The summed E-state index contributed by atoms with van der Waals surface area (Å²) in [4.78, 5) is 23.9. The molecule has 1 N–H and O–H groups in total. The third-order valence-electron chi connectivity index (χ3n) is 3.21. The number of halogens is 1. The van der Waals surface area contributed by atoms with Crippen molar-refractivity contribution in [2.75, 3.05) is 18.5 Å².